The van der Waals surface area contributed by atoms with Crippen molar-refractivity contribution in [3.8, 4) is 5.75 Å². The van der Waals surface area contributed by atoms with Gasteiger partial charge in [-0.2, -0.15) is 0 Å². The average molecular weight is 411 g/mol. The lowest BCUT2D eigenvalue weighted by molar-refractivity contribution is -0.155. The third-order valence-electron chi connectivity index (χ3n) is 3.48. The molecule has 0 aliphatic carbocycles. The predicted molar refractivity (Wildman–Crippen MR) is 109 cm³/mol. The summed E-state index contributed by atoms with van der Waals surface area (Å²) in [5, 5.41) is 0.230. The zero-order chi connectivity index (χ0) is 20.6. The number of methoxy groups -OCH3 is 1. The number of hydrogen-bond donors (Lipinski definition) is 0. The van der Waals surface area contributed by atoms with Gasteiger partial charge in [-0.05, 0) is 38.5 Å². The van der Waals surface area contributed by atoms with E-state index in [1.54, 1.807) is 63.2 Å². The molecule has 146 valence electrons. The van der Waals surface area contributed by atoms with Gasteiger partial charge in [-0.1, -0.05) is 48.0 Å². The maximum absolute atomic E-state index is 13.2. The van der Waals surface area contributed by atoms with Gasteiger partial charge in [0.1, 0.15) is 17.3 Å². The van der Waals surface area contributed by atoms with Gasteiger partial charge in [-0.3, -0.25) is 9.59 Å². The van der Waals surface area contributed by atoms with Gasteiger partial charge in [0.15, 0.2) is 5.78 Å². The molecule has 0 saturated carbocycles. The van der Waals surface area contributed by atoms with Crippen molar-refractivity contribution in [3.05, 3.63) is 64.7 Å². The molecule has 0 N–H and O–H groups in total. The fourth-order valence-electron chi connectivity index (χ4n) is 2.46. The van der Waals surface area contributed by atoms with Crippen molar-refractivity contribution in [2.45, 2.75) is 32.3 Å². The number of carbonyl (C=O) groups excluding carboxylic acids is 2. The molecule has 2 aromatic carbocycles. The number of ketones is 1. The van der Waals surface area contributed by atoms with Crippen LogP contribution in [-0.2, 0) is 14.1 Å². The minimum Gasteiger partial charge on any atom is -0.496 e. The SMILES string of the molecule is COc1cccc(Cl)c1C(=O)C(C(=O)OC(C)(C)C)c1ccccc1.O=[PH3]. The first-order valence-corrected chi connectivity index (χ1v) is 9.13. The lowest BCUT2D eigenvalue weighted by atomic mass is 9.90. The molecule has 0 bridgehead atoms. The molecular formula is C20H24ClO5P. The molecule has 0 aliphatic heterocycles. The number of ether oxygens (including phenoxy) is 2. The van der Waals surface area contributed by atoms with E-state index in [0.29, 0.717) is 20.4 Å². The van der Waals surface area contributed by atoms with E-state index in [1.165, 1.54) is 7.11 Å². The first-order valence-electron chi connectivity index (χ1n) is 8.18. The first-order chi connectivity index (χ1) is 12.7. The Morgan fingerprint density at radius 3 is 2.11 bits per heavy atom. The molecule has 0 aromatic heterocycles. The molecular weight excluding hydrogens is 387 g/mol. The zero-order valence-electron chi connectivity index (χ0n) is 15.8. The number of esters is 1. The summed E-state index contributed by atoms with van der Waals surface area (Å²) in [5.41, 5.74) is 0.00436. The van der Waals surface area contributed by atoms with Gasteiger partial charge in [0, 0.05) is 0 Å². The van der Waals surface area contributed by atoms with Gasteiger partial charge < -0.3 is 14.0 Å². The number of rotatable bonds is 5. The second-order valence-electron chi connectivity index (χ2n) is 6.56. The van der Waals surface area contributed by atoms with Crippen molar-refractivity contribution in [2.24, 2.45) is 0 Å². The van der Waals surface area contributed by atoms with Crippen LogP contribution in [0.25, 0.3) is 0 Å². The summed E-state index contributed by atoms with van der Waals surface area (Å²) in [6, 6.07) is 13.7. The molecule has 2 atom stereocenters. The molecule has 5 nitrogen and oxygen atoms in total. The Morgan fingerprint density at radius 2 is 1.59 bits per heavy atom. The van der Waals surface area contributed by atoms with Crippen LogP contribution >= 0.6 is 20.7 Å². The fourth-order valence-corrected chi connectivity index (χ4v) is 2.72. The highest BCUT2D eigenvalue weighted by molar-refractivity contribution is 7.00. The summed E-state index contributed by atoms with van der Waals surface area (Å²) in [5.74, 6) is -1.87. The zero-order valence-corrected chi connectivity index (χ0v) is 18.0. The molecule has 2 rings (SSSR count). The second-order valence-corrected chi connectivity index (χ2v) is 6.97. The highest BCUT2D eigenvalue weighted by Gasteiger charge is 2.35. The van der Waals surface area contributed by atoms with E-state index in [9.17, 15) is 9.59 Å². The van der Waals surface area contributed by atoms with Crippen molar-refractivity contribution >= 4 is 32.5 Å². The Labute approximate surface area is 166 Å². The number of halogens is 1. The third kappa shape index (κ3) is 6.23. The van der Waals surface area contributed by atoms with Crippen LogP contribution in [0.1, 0.15) is 42.6 Å². The van der Waals surface area contributed by atoms with E-state index in [2.05, 4.69) is 0 Å². The Hall–Kier alpha value is -2.10. The van der Waals surface area contributed by atoms with Gasteiger partial charge in [-0.25, -0.2) is 0 Å². The van der Waals surface area contributed by atoms with E-state index in [0.717, 1.165) is 0 Å². The summed E-state index contributed by atoms with van der Waals surface area (Å²) in [6.07, 6.45) is 0. The van der Waals surface area contributed by atoms with Crippen LogP contribution in [0.3, 0.4) is 0 Å². The molecule has 0 fully saturated rings. The molecule has 0 heterocycles. The van der Waals surface area contributed by atoms with Gasteiger partial charge in [-0.15, -0.1) is 0 Å². The van der Waals surface area contributed by atoms with Crippen molar-refractivity contribution in [2.75, 3.05) is 7.11 Å². The summed E-state index contributed by atoms with van der Waals surface area (Å²) in [4.78, 5) is 26.0. The predicted octanol–water partition coefficient (Wildman–Crippen LogP) is 4.60. The lowest BCUT2D eigenvalue weighted by Gasteiger charge is -2.24. The Morgan fingerprint density at radius 1 is 1.00 bits per heavy atom. The van der Waals surface area contributed by atoms with Crippen molar-refractivity contribution in [1.29, 1.82) is 0 Å². The van der Waals surface area contributed by atoms with Crippen LogP contribution in [-0.4, -0.2) is 24.5 Å². The first kappa shape index (κ1) is 22.9. The summed E-state index contributed by atoms with van der Waals surface area (Å²) in [6.45, 7) is 5.27. The van der Waals surface area contributed by atoms with Gasteiger partial charge >= 0.3 is 5.97 Å². The highest BCUT2D eigenvalue weighted by Crippen LogP contribution is 2.33. The van der Waals surface area contributed by atoms with Gasteiger partial charge in [0.25, 0.3) is 0 Å². The van der Waals surface area contributed by atoms with E-state index in [1.807, 2.05) is 6.07 Å². The third-order valence-corrected chi connectivity index (χ3v) is 3.79. The highest BCUT2D eigenvalue weighted by atomic mass is 35.5. The van der Waals surface area contributed by atoms with Crippen LogP contribution in [0.15, 0.2) is 48.5 Å². The van der Waals surface area contributed by atoms with Crippen molar-refractivity contribution in [3.63, 3.8) is 0 Å². The quantitative estimate of drug-likeness (QED) is 0.312. The fraction of sp³-hybridized carbons (Fsp3) is 0.300. The Balaban J connectivity index is 0.00000176. The normalized spacial score (nSPS) is 11.7. The maximum atomic E-state index is 13.2. The number of hydrogen-bond acceptors (Lipinski definition) is 5. The average Bonchev–Trinajstić information content (AvgIpc) is 2.62. The molecule has 0 spiro atoms. The summed E-state index contributed by atoms with van der Waals surface area (Å²) >= 11 is 6.22. The number of Topliss-reactive ketones (excluding diaryl/α,β-unsaturated/α-hetero) is 1. The van der Waals surface area contributed by atoms with Gasteiger partial charge in [0.2, 0.25) is 0 Å². The number of carbonyl (C=O) groups is 2. The summed E-state index contributed by atoms with van der Waals surface area (Å²) in [7, 11) is 2.06. The van der Waals surface area contributed by atoms with Crippen LogP contribution < -0.4 is 4.74 Å². The second kappa shape index (κ2) is 10.3. The van der Waals surface area contributed by atoms with Crippen molar-refractivity contribution in [1.82, 2.24) is 0 Å². The van der Waals surface area contributed by atoms with Crippen molar-refractivity contribution < 1.29 is 23.6 Å². The Kier molecular flexibility index (Phi) is 8.74. The molecule has 0 amide bonds. The minimum atomic E-state index is -1.12. The topological polar surface area (TPSA) is 69.7 Å². The smallest absolute Gasteiger partial charge is 0.321 e. The van der Waals surface area contributed by atoms with Gasteiger partial charge in [0.05, 0.1) is 26.8 Å². The van der Waals surface area contributed by atoms with E-state index in [-0.39, 0.29) is 10.6 Å². The molecule has 0 aliphatic rings. The molecule has 2 unspecified atom stereocenters. The number of benzene rings is 2. The van der Waals surface area contributed by atoms with Crippen LogP contribution in [0.5, 0.6) is 5.75 Å². The molecule has 0 radical (unpaired) electrons. The Bertz CT molecular complexity index is 787. The van der Waals surface area contributed by atoms with Crippen LogP contribution in [0.4, 0.5) is 0 Å². The largest absolute Gasteiger partial charge is 0.496 e. The molecule has 7 heteroatoms. The molecule has 0 saturated heterocycles. The maximum Gasteiger partial charge on any atom is 0.321 e. The van der Waals surface area contributed by atoms with E-state index < -0.39 is 23.3 Å². The minimum absolute atomic E-state index is 0.173. The van der Waals surface area contributed by atoms with Crippen LogP contribution in [0.2, 0.25) is 5.02 Å². The van der Waals surface area contributed by atoms with Crippen LogP contribution in [0, 0.1) is 0 Å². The standard InChI is InChI=1S/C20H21ClO4.H3OP/c1-20(2,3)25-19(23)16(13-9-6-5-7-10-13)18(22)17-14(21)11-8-12-15(17)24-4;1-2/h5-12,16H,1-4H3;2H3. The monoisotopic (exact) mass is 410 g/mol. The lowest BCUT2D eigenvalue weighted by Crippen LogP contribution is -2.31. The molecule has 27 heavy (non-hydrogen) atoms. The molecule has 2 aromatic rings. The van der Waals surface area contributed by atoms with E-state index >= 15 is 0 Å². The van der Waals surface area contributed by atoms with E-state index in [4.69, 9.17) is 25.6 Å². The summed E-state index contributed by atoms with van der Waals surface area (Å²) < 4.78 is 19.0.